The van der Waals surface area contributed by atoms with Gasteiger partial charge in [-0.2, -0.15) is 0 Å². The first-order chi connectivity index (χ1) is 4.75. The Kier molecular flexibility index (Phi) is 3.25. The molecule has 1 saturated heterocycles. The number of hydrogen-bond donors (Lipinski definition) is 1. The first kappa shape index (κ1) is 8.61. The summed E-state index contributed by atoms with van der Waals surface area (Å²) in [7, 11) is 1.49. The van der Waals surface area contributed by atoms with Crippen LogP contribution in [0.5, 0.6) is 0 Å². The molecule has 1 aliphatic heterocycles. The summed E-state index contributed by atoms with van der Waals surface area (Å²) >= 11 is 2.12. The minimum atomic E-state index is -0.693. The van der Waals surface area contributed by atoms with Crippen LogP contribution in [0.25, 0.3) is 0 Å². The standard InChI is InChI=1S/C5H8INO2S/c6-10-7-3-1-2-4(7)5(8)9/h4H,1-3H2,(H,8,9). The van der Waals surface area contributed by atoms with Crippen molar-refractivity contribution in [2.24, 2.45) is 0 Å². The van der Waals surface area contributed by atoms with Crippen LogP contribution in [0.15, 0.2) is 0 Å². The molecule has 1 N–H and O–H groups in total. The molecule has 1 atom stereocenters. The fraction of sp³-hybridized carbons (Fsp3) is 0.800. The van der Waals surface area contributed by atoms with Gasteiger partial charge in [0.2, 0.25) is 0 Å². The van der Waals surface area contributed by atoms with Gasteiger partial charge in [0.25, 0.3) is 0 Å². The fourth-order valence-electron chi connectivity index (χ4n) is 1.07. The van der Waals surface area contributed by atoms with Crippen molar-refractivity contribution in [3.05, 3.63) is 0 Å². The van der Waals surface area contributed by atoms with Gasteiger partial charge in [-0.25, -0.2) is 4.31 Å². The molecule has 1 rings (SSSR count). The Balaban J connectivity index is 2.50. The molecule has 0 aliphatic carbocycles. The summed E-state index contributed by atoms with van der Waals surface area (Å²) in [6.45, 7) is 0.907. The Morgan fingerprint density at radius 2 is 2.50 bits per heavy atom. The van der Waals surface area contributed by atoms with Crippen molar-refractivity contribution in [2.45, 2.75) is 18.9 Å². The number of carbonyl (C=O) groups is 1. The summed E-state index contributed by atoms with van der Waals surface area (Å²) in [4.78, 5) is 10.5. The maximum atomic E-state index is 10.5. The van der Waals surface area contributed by atoms with Gasteiger partial charge in [0.1, 0.15) is 6.04 Å². The minimum absolute atomic E-state index is 0.248. The highest BCUT2D eigenvalue weighted by molar-refractivity contribution is 14.2. The first-order valence-corrected chi connectivity index (χ1v) is 6.35. The lowest BCUT2D eigenvalue weighted by atomic mass is 10.2. The molecule has 0 bridgehead atoms. The van der Waals surface area contributed by atoms with E-state index in [4.69, 9.17) is 5.11 Å². The molecule has 1 aliphatic rings. The topological polar surface area (TPSA) is 40.5 Å². The number of carboxylic acid groups (broad SMARTS) is 1. The largest absolute Gasteiger partial charge is 0.480 e. The van der Waals surface area contributed by atoms with Crippen LogP contribution in [0.3, 0.4) is 0 Å². The zero-order valence-corrected chi connectivity index (χ0v) is 8.26. The summed E-state index contributed by atoms with van der Waals surface area (Å²) in [5.41, 5.74) is 0. The van der Waals surface area contributed by atoms with E-state index in [9.17, 15) is 4.79 Å². The second-order valence-electron chi connectivity index (χ2n) is 2.21. The van der Waals surface area contributed by atoms with Crippen LogP contribution in [0, 0.1) is 0 Å². The lowest BCUT2D eigenvalue weighted by Gasteiger charge is -2.14. The highest BCUT2D eigenvalue weighted by atomic mass is 127. The summed E-state index contributed by atoms with van der Waals surface area (Å²) in [6, 6.07) is -0.248. The second-order valence-corrected chi connectivity index (χ2v) is 3.99. The van der Waals surface area contributed by atoms with E-state index < -0.39 is 5.97 Å². The Bertz CT molecular complexity index is 144. The van der Waals surface area contributed by atoms with Crippen molar-refractivity contribution in [2.75, 3.05) is 6.54 Å². The number of hydrogen-bond acceptors (Lipinski definition) is 3. The number of halogens is 1. The monoisotopic (exact) mass is 273 g/mol. The molecular formula is C5H8INO2S. The van der Waals surface area contributed by atoms with Crippen LogP contribution < -0.4 is 0 Å². The van der Waals surface area contributed by atoms with E-state index in [0.29, 0.717) is 0 Å². The molecule has 0 aromatic rings. The fourth-order valence-corrected chi connectivity index (χ4v) is 2.97. The lowest BCUT2D eigenvalue weighted by molar-refractivity contribution is -0.140. The van der Waals surface area contributed by atoms with Crippen molar-refractivity contribution in [3.8, 4) is 0 Å². The SMILES string of the molecule is O=C(O)C1CCCN1SI. The molecule has 0 radical (unpaired) electrons. The highest BCUT2D eigenvalue weighted by Crippen LogP contribution is 2.29. The van der Waals surface area contributed by atoms with E-state index in [-0.39, 0.29) is 6.04 Å². The van der Waals surface area contributed by atoms with E-state index in [0.717, 1.165) is 19.4 Å². The zero-order chi connectivity index (χ0) is 7.56. The molecule has 0 amide bonds. The molecule has 5 heteroatoms. The lowest BCUT2D eigenvalue weighted by Crippen LogP contribution is -2.29. The van der Waals surface area contributed by atoms with E-state index >= 15 is 0 Å². The van der Waals surface area contributed by atoms with Gasteiger partial charge in [-0.3, -0.25) is 4.79 Å². The van der Waals surface area contributed by atoms with E-state index in [1.165, 1.54) is 9.12 Å². The molecule has 1 heterocycles. The molecule has 0 spiro atoms. The molecule has 10 heavy (non-hydrogen) atoms. The molecular weight excluding hydrogens is 265 g/mol. The van der Waals surface area contributed by atoms with E-state index in [1.807, 2.05) is 4.31 Å². The smallest absolute Gasteiger partial charge is 0.321 e. The highest BCUT2D eigenvalue weighted by Gasteiger charge is 2.30. The summed E-state index contributed by atoms with van der Waals surface area (Å²) in [6.07, 6.45) is 1.80. The molecule has 0 aromatic heterocycles. The van der Waals surface area contributed by atoms with Crippen molar-refractivity contribution >= 4 is 36.3 Å². The third-order valence-electron chi connectivity index (χ3n) is 1.58. The zero-order valence-electron chi connectivity index (χ0n) is 5.29. The van der Waals surface area contributed by atoms with Gasteiger partial charge in [-0.05, 0) is 22.0 Å². The van der Waals surface area contributed by atoms with Crippen LogP contribution in [-0.4, -0.2) is 28.0 Å². The Hall–Kier alpha value is 0.510. The van der Waals surface area contributed by atoms with E-state index in [1.54, 1.807) is 0 Å². The van der Waals surface area contributed by atoms with Crippen LogP contribution in [-0.2, 0) is 4.79 Å². The Morgan fingerprint density at radius 1 is 1.80 bits per heavy atom. The molecule has 1 unspecified atom stereocenters. The van der Waals surface area contributed by atoms with Crippen LogP contribution in [0.4, 0.5) is 0 Å². The maximum Gasteiger partial charge on any atom is 0.321 e. The summed E-state index contributed by atoms with van der Waals surface area (Å²) in [5, 5.41) is 8.66. The molecule has 58 valence electrons. The van der Waals surface area contributed by atoms with Gasteiger partial charge in [0.15, 0.2) is 0 Å². The van der Waals surface area contributed by atoms with Crippen molar-refractivity contribution in [1.82, 2.24) is 4.31 Å². The second kappa shape index (κ2) is 3.77. The Morgan fingerprint density at radius 3 is 2.90 bits per heavy atom. The third-order valence-corrected chi connectivity index (χ3v) is 3.71. The van der Waals surface area contributed by atoms with Gasteiger partial charge in [0.05, 0.1) is 0 Å². The number of aliphatic carboxylic acids is 1. The van der Waals surface area contributed by atoms with Crippen molar-refractivity contribution < 1.29 is 9.90 Å². The van der Waals surface area contributed by atoms with Crippen LogP contribution in [0.1, 0.15) is 12.8 Å². The van der Waals surface area contributed by atoms with Gasteiger partial charge < -0.3 is 5.11 Å². The average Bonchev–Trinajstić information content (AvgIpc) is 2.33. The Labute approximate surface area is 75.9 Å². The molecule has 3 nitrogen and oxygen atoms in total. The maximum absolute atomic E-state index is 10.5. The third kappa shape index (κ3) is 1.76. The molecule has 0 saturated carbocycles. The first-order valence-electron chi connectivity index (χ1n) is 3.04. The van der Waals surface area contributed by atoms with Gasteiger partial charge in [-0.15, -0.1) is 0 Å². The van der Waals surface area contributed by atoms with Crippen LogP contribution in [0.2, 0.25) is 0 Å². The summed E-state index contributed by atoms with van der Waals surface area (Å²) < 4.78 is 1.91. The molecule has 0 aromatic carbocycles. The number of rotatable bonds is 2. The van der Waals surface area contributed by atoms with Crippen molar-refractivity contribution in [3.63, 3.8) is 0 Å². The number of nitrogens with zero attached hydrogens (tertiary/aromatic N) is 1. The van der Waals surface area contributed by atoms with Gasteiger partial charge in [0, 0.05) is 27.8 Å². The predicted molar refractivity (Wildman–Crippen MR) is 49.0 cm³/mol. The quantitative estimate of drug-likeness (QED) is 0.612. The normalized spacial score (nSPS) is 27.1. The average molecular weight is 273 g/mol. The molecule has 1 fully saturated rings. The minimum Gasteiger partial charge on any atom is -0.480 e. The van der Waals surface area contributed by atoms with Gasteiger partial charge in [-0.1, -0.05) is 0 Å². The van der Waals surface area contributed by atoms with Crippen LogP contribution >= 0.6 is 30.3 Å². The van der Waals surface area contributed by atoms with Gasteiger partial charge >= 0.3 is 5.97 Å². The van der Waals surface area contributed by atoms with E-state index in [2.05, 4.69) is 21.2 Å². The summed E-state index contributed by atoms with van der Waals surface area (Å²) in [5.74, 6) is -0.693. The van der Waals surface area contributed by atoms with Crippen molar-refractivity contribution in [1.29, 1.82) is 0 Å². The number of carboxylic acids is 1. The predicted octanol–water partition coefficient (Wildman–Crippen LogP) is 1.53.